The molecule has 13 heavy (non-hydrogen) atoms. The Labute approximate surface area is 78.8 Å². The minimum Gasteiger partial charge on any atom is -0.344 e. The van der Waals surface area contributed by atoms with Gasteiger partial charge in [-0.25, -0.2) is 9.97 Å². The number of anilines is 1. The maximum atomic E-state index is 5.42. The predicted molar refractivity (Wildman–Crippen MR) is 53.7 cm³/mol. The summed E-state index contributed by atoms with van der Waals surface area (Å²) < 4.78 is 0. The normalized spacial score (nSPS) is 10.1. The predicted octanol–water partition coefficient (Wildman–Crippen LogP) is 0.570. The molecule has 1 rings (SSSR count). The molecule has 0 aliphatic rings. The summed E-state index contributed by atoms with van der Waals surface area (Å²) in [5.74, 6) is 0.772. The number of rotatable bonds is 4. The number of nitrogens with two attached hydrogens (primary N) is 1. The summed E-state index contributed by atoms with van der Waals surface area (Å²) in [6.45, 7) is 3.57. The second-order valence-electron chi connectivity index (χ2n) is 3.06. The monoisotopic (exact) mass is 180 g/mol. The van der Waals surface area contributed by atoms with Crippen LogP contribution in [-0.4, -0.2) is 30.1 Å². The van der Waals surface area contributed by atoms with Gasteiger partial charge >= 0.3 is 0 Å². The summed E-state index contributed by atoms with van der Waals surface area (Å²) in [5, 5.41) is 0. The topological polar surface area (TPSA) is 55.0 Å². The van der Waals surface area contributed by atoms with Gasteiger partial charge in [-0.2, -0.15) is 0 Å². The highest BCUT2D eigenvalue weighted by Gasteiger charge is 2.02. The first-order valence-corrected chi connectivity index (χ1v) is 4.45. The molecule has 2 N–H and O–H groups in total. The molecule has 1 aromatic heterocycles. The number of aryl methyl sites for hydroxylation is 1. The van der Waals surface area contributed by atoms with Crippen LogP contribution < -0.4 is 10.6 Å². The summed E-state index contributed by atoms with van der Waals surface area (Å²) in [7, 11) is 1.98. The molecule has 1 heterocycles. The molecule has 0 saturated carbocycles. The molecule has 0 saturated heterocycles. The lowest BCUT2D eigenvalue weighted by atomic mass is 10.4. The van der Waals surface area contributed by atoms with Gasteiger partial charge in [0.15, 0.2) is 0 Å². The van der Waals surface area contributed by atoms with Crippen LogP contribution >= 0.6 is 0 Å². The van der Waals surface area contributed by atoms with Crippen molar-refractivity contribution in [3.8, 4) is 0 Å². The average Bonchev–Trinajstić information content (AvgIpc) is 2.14. The van der Waals surface area contributed by atoms with E-state index in [1.807, 2.05) is 24.9 Å². The van der Waals surface area contributed by atoms with Crippen LogP contribution in [-0.2, 0) is 0 Å². The Morgan fingerprint density at radius 3 is 2.92 bits per heavy atom. The summed E-state index contributed by atoms with van der Waals surface area (Å²) in [6.07, 6.45) is 2.74. The number of hydrogen-bond donors (Lipinski definition) is 1. The van der Waals surface area contributed by atoms with Gasteiger partial charge in [0.25, 0.3) is 0 Å². The highest BCUT2D eigenvalue weighted by Crippen LogP contribution is 2.04. The fraction of sp³-hybridized carbons (Fsp3) is 0.556. The molecule has 0 fully saturated rings. The third kappa shape index (κ3) is 2.99. The molecule has 0 spiro atoms. The van der Waals surface area contributed by atoms with E-state index in [9.17, 15) is 0 Å². The van der Waals surface area contributed by atoms with Crippen LogP contribution in [0.3, 0.4) is 0 Å². The van der Waals surface area contributed by atoms with Crippen LogP contribution in [0, 0.1) is 6.92 Å². The van der Waals surface area contributed by atoms with E-state index in [0.717, 1.165) is 24.6 Å². The second kappa shape index (κ2) is 4.77. The van der Waals surface area contributed by atoms with Crippen molar-refractivity contribution < 1.29 is 0 Å². The minimum atomic E-state index is 0.705. The molecule has 4 nitrogen and oxygen atoms in total. The summed E-state index contributed by atoms with van der Waals surface area (Å²) in [5.41, 5.74) is 6.41. The molecule has 0 amide bonds. The highest BCUT2D eigenvalue weighted by atomic mass is 15.2. The number of hydrogen-bond acceptors (Lipinski definition) is 4. The van der Waals surface area contributed by atoms with Crippen LogP contribution in [0.4, 0.5) is 5.95 Å². The van der Waals surface area contributed by atoms with Crippen LogP contribution in [0.25, 0.3) is 0 Å². The van der Waals surface area contributed by atoms with Crippen molar-refractivity contribution in [3.05, 3.63) is 18.0 Å². The zero-order valence-corrected chi connectivity index (χ0v) is 8.20. The van der Waals surface area contributed by atoms with Crippen molar-refractivity contribution in [2.45, 2.75) is 13.3 Å². The SMILES string of the molecule is Cc1ccnc(N(C)CCCN)n1. The van der Waals surface area contributed by atoms with E-state index in [2.05, 4.69) is 9.97 Å². The standard InChI is InChI=1S/C9H16N4/c1-8-4-6-11-9(12-8)13(2)7-3-5-10/h4,6H,3,5,7,10H2,1-2H3. The molecule has 72 valence electrons. The van der Waals surface area contributed by atoms with E-state index in [1.165, 1.54) is 0 Å². The lowest BCUT2D eigenvalue weighted by Crippen LogP contribution is -2.23. The zero-order valence-electron chi connectivity index (χ0n) is 8.20. The zero-order chi connectivity index (χ0) is 9.68. The Morgan fingerprint density at radius 2 is 2.31 bits per heavy atom. The molecular weight excluding hydrogens is 164 g/mol. The molecule has 0 bridgehead atoms. The van der Waals surface area contributed by atoms with Gasteiger partial charge in [-0.15, -0.1) is 0 Å². The van der Waals surface area contributed by atoms with Gasteiger partial charge in [0, 0.05) is 25.5 Å². The van der Waals surface area contributed by atoms with E-state index >= 15 is 0 Å². The number of aromatic nitrogens is 2. The Hall–Kier alpha value is -1.16. The summed E-state index contributed by atoms with van der Waals surface area (Å²) in [6, 6.07) is 1.89. The number of nitrogens with zero attached hydrogens (tertiary/aromatic N) is 3. The largest absolute Gasteiger partial charge is 0.344 e. The summed E-state index contributed by atoms with van der Waals surface area (Å²) in [4.78, 5) is 10.5. The average molecular weight is 180 g/mol. The van der Waals surface area contributed by atoms with E-state index < -0.39 is 0 Å². The first-order chi connectivity index (χ1) is 6.24. The van der Waals surface area contributed by atoms with Gasteiger partial charge in [0.05, 0.1) is 0 Å². The lowest BCUT2D eigenvalue weighted by molar-refractivity contribution is 0.772. The van der Waals surface area contributed by atoms with Crippen LogP contribution in [0.15, 0.2) is 12.3 Å². The molecule has 4 heteroatoms. The highest BCUT2D eigenvalue weighted by molar-refractivity contribution is 5.28. The third-order valence-corrected chi connectivity index (χ3v) is 1.82. The smallest absolute Gasteiger partial charge is 0.225 e. The Balaban J connectivity index is 2.60. The molecule has 0 atom stereocenters. The first-order valence-electron chi connectivity index (χ1n) is 4.45. The second-order valence-corrected chi connectivity index (χ2v) is 3.06. The molecule has 0 radical (unpaired) electrons. The quantitative estimate of drug-likeness (QED) is 0.736. The summed E-state index contributed by atoms with van der Waals surface area (Å²) >= 11 is 0. The Morgan fingerprint density at radius 1 is 1.54 bits per heavy atom. The van der Waals surface area contributed by atoms with Crippen molar-refractivity contribution >= 4 is 5.95 Å². The van der Waals surface area contributed by atoms with Gasteiger partial charge in [-0.1, -0.05) is 0 Å². The fourth-order valence-electron chi connectivity index (χ4n) is 1.05. The van der Waals surface area contributed by atoms with E-state index in [-0.39, 0.29) is 0 Å². The Bertz CT molecular complexity index is 262. The van der Waals surface area contributed by atoms with Crippen molar-refractivity contribution in [2.75, 3.05) is 25.0 Å². The lowest BCUT2D eigenvalue weighted by Gasteiger charge is -2.16. The van der Waals surface area contributed by atoms with Gasteiger partial charge in [0.2, 0.25) is 5.95 Å². The van der Waals surface area contributed by atoms with Crippen molar-refractivity contribution in [1.29, 1.82) is 0 Å². The van der Waals surface area contributed by atoms with Gasteiger partial charge in [-0.05, 0) is 26.0 Å². The van der Waals surface area contributed by atoms with E-state index in [0.29, 0.717) is 6.54 Å². The van der Waals surface area contributed by atoms with E-state index in [1.54, 1.807) is 6.20 Å². The molecule has 0 aromatic carbocycles. The fourth-order valence-corrected chi connectivity index (χ4v) is 1.05. The van der Waals surface area contributed by atoms with Gasteiger partial charge in [-0.3, -0.25) is 0 Å². The van der Waals surface area contributed by atoms with E-state index in [4.69, 9.17) is 5.73 Å². The molecule has 0 aliphatic heterocycles. The molecular formula is C9H16N4. The third-order valence-electron chi connectivity index (χ3n) is 1.82. The van der Waals surface area contributed by atoms with Gasteiger partial charge < -0.3 is 10.6 Å². The molecule has 1 aromatic rings. The Kier molecular flexibility index (Phi) is 3.64. The molecule has 0 unspecified atom stereocenters. The van der Waals surface area contributed by atoms with Crippen LogP contribution in [0.2, 0.25) is 0 Å². The van der Waals surface area contributed by atoms with Gasteiger partial charge in [0.1, 0.15) is 0 Å². The van der Waals surface area contributed by atoms with Crippen LogP contribution in [0.5, 0.6) is 0 Å². The maximum absolute atomic E-state index is 5.42. The van der Waals surface area contributed by atoms with Crippen molar-refractivity contribution in [1.82, 2.24) is 9.97 Å². The first kappa shape index (κ1) is 9.92. The van der Waals surface area contributed by atoms with Crippen molar-refractivity contribution in [2.24, 2.45) is 5.73 Å². The molecule has 0 aliphatic carbocycles. The van der Waals surface area contributed by atoms with Crippen molar-refractivity contribution in [3.63, 3.8) is 0 Å². The van der Waals surface area contributed by atoms with Crippen LogP contribution in [0.1, 0.15) is 12.1 Å². The maximum Gasteiger partial charge on any atom is 0.225 e. The minimum absolute atomic E-state index is 0.705.